The molecule has 0 bridgehead atoms. The number of ether oxygens (including phenoxy) is 3. The van der Waals surface area contributed by atoms with Crippen LogP contribution in [-0.2, 0) is 25.5 Å². The van der Waals surface area contributed by atoms with E-state index in [-0.39, 0.29) is 17.7 Å². The fourth-order valence-corrected chi connectivity index (χ4v) is 2.60. The Kier molecular flexibility index (Phi) is 7.86. The Morgan fingerprint density at radius 2 is 1.80 bits per heavy atom. The van der Waals surface area contributed by atoms with Crippen molar-refractivity contribution in [3.05, 3.63) is 69.8 Å². The van der Waals surface area contributed by atoms with E-state index in [2.05, 4.69) is 5.32 Å². The van der Waals surface area contributed by atoms with E-state index < -0.39 is 41.1 Å². The first-order chi connectivity index (χ1) is 14.3. The van der Waals surface area contributed by atoms with Gasteiger partial charge in [0.1, 0.15) is 6.04 Å². The highest BCUT2D eigenvalue weighted by Crippen LogP contribution is 2.27. The summed E-state index contributed by atoms with van der Waals surface area (Å²) >= 11 is 0. The highest BCUT2D eigenvalue weighted by Gasteiger charge is 2.23. The van der Waals surface area contributed by atoms with E-state index in [4.69, 9.17) is 14.2 Å². The van der Waals surface area contributed by atoms with E-state index in [0.717, 1.165) is 11.6 Å². The monoisotopic (exact) mass is 416 g/mol. The zero-order chi connectivity index (χ0) is 22.1. The van der Waals surface area contributed by atoms with Gasteiger partial charge in [0.15, 0.2) is 12.4 Å². The summed E-state index contributed by atoms with van der Waals surface area (Å²) in [6, 6.07) is 11.5. The lowest BCUT2D eigenvalue weighted by Gasteiger charge is -2.16. The number of nitrogens with one attached hydrogen (secondary N) is 1. The van der Waals surface area contributed by atoms with Crippen molar-refractivity contribution in [1.29, 1.82) is 0 Å². The summed E-state index contributed by atoms with van der Waals surface area (Å²) in [4.78, 5) is 46.6. The molecule has 10 heteroatoms. The van der Waals surface area contributed by atoms with Crippen molar-refractivity contribution in [3.63, 3.8) is 0 Å². The van der Waals surface area contributed by atoms with Gasteiger partial charge >= 0.3 is 17.6 Å². The first kappa shape index (κ1) is 22.3. The molecule has 0 aliphatic heterocycles. The fraction of sp³-hybridized carbons (Fsp3) is 0.250. The summed E-state index contributed by atoms with van der Waals surface area (Å²) in [5.74, 6) is -2.33. The molecule has 0 fully saturated rings. The predicted molar refractivity (Wildman–Crippen MR) is 104 cm³/mol. The van der Waals surface area contributed by atoms with E-state index >= 15 is 0 Å². The Balaban J connectivity index is 1.99. The second kappa shape index (κ2) is 10.6. The number of nitro groups is 1. The van der Waals surface area contributed by atoms with Gasteiger partial charge in [-0.05, 0) is 17.7 Å². The second-order valence-corrected chi connectivity index (χ2v) is 6.05. The third kappa shape index (κ3) is 6.03. The maximum atomic E-state index is 12.2. The molecule has 0 saturated carbocycles. The van der Waals surface area contributed by atoms with Crippen molar-refractivity contribution < 1.29 is 33.5 Å². The number of esters is 2. The highest BCUT2D eigenvalue weighted by molar-refractivity contribution is 5.93. The van der Waals surface area contributed by atoms with Crippen molar-refractivity contribution in [2.24, 2.45) is 0 Å². The van der Waals surface area contributed by atoms with Crippen LogP contribution in [-0.4, -0.2) is 49.6 Å². The van der Waals surface area contributed by atoms with Gasteiger partial charge in [-0.2, -0.15) is 0 Å². The van der Waals surface area contributed by atoms with Crippen molar-refractivity contribution in [2.45, 2.75) is 12.5 Å². The Morgan fingerprint density at radius 3 is 2.40 bits per heavy atom. The van der Waals surface area contributed by atoms with E-state index in [9.17, 15) is 24.5 Å². The molecule has 1 N–H and O–H groups in total. The van der Waals surface area contributed by atoms with Crippen LogP contribution in [0.5, 0.6) is 5.75 Å². The normalized spacial score (nSPS) is 11.1. The van der Waals surface area contributed by atoms with E-state index in [1.165, 1.54) is 26.4 Å². The zero-order valence-corrected chi connectivity index (χ0v) is 16.3. The number of rotatable bonds is 9. The standard InChI is InChI=1S/C20H20N2O8/c1-28-17-9-8-14(11-16(17)22(26)27)19(24)30-12-18(23)21-15(20(25)29-2)10-13-6-4-3-5-7-13/h3-9,11,15H,10,12H2,1-2H3,(H,21,23)/t15-/m0/s1. The lowest BCUT2D eigenvalue weighted by molar-refractivity contribution is -0.385. The average Bonchev–Trinajstić information content (AvgIpc) is 2.76. The summed E-state index contributed by atoms with van der Waals surface area (Å²) in [6.07, 6.45) is 0.192. The summed E-state index contributed by atoms with van der Waals surface area (Å²) in [6.45, 7) is -0.680. The molecule has 0 aliphatic carbocycles. The number of nitro benzene ring substituents is 1. The largest absolute Gasteiger partial charge is 0.490 e. The SMILES string of the molecule is COC(=O)[C@H](Cc1ccccc1)NC(=O)COC(=O)c1ccc(OC)c([N+](=O)[O-])c1. The molecular weight excluding hydrogens is 396 g/mol. The van der Waals surface area contributed by atoms with Crippen molar-refractivity contribution in [1.82, 2.24) is 5.32 Å². The van der Waals surface area contributed by atoms with Crippen LogP contribution < -0.4 is 10.1 Å². The molecule has 2 rings (SSSR count). The van der Waals surface area contributed by atoms with Crippen molar-refractivity contribution >= 4 is 23.5 Å². The molecule has 1 amide bonds. The molecule has 0 radical (unpaired) electrons. The first-order valence-electron chi connectivity index (χ1n) is 8.76. The predicted octanol–water partition coefficient (Wildman–Crippen LogP) is 1.66. The molecule has 158 valence electrons. The molecule has 0 heterocycles. The van der Waals surface area contributed by atoms with Gasteiger partial charge in [-0.25, -0.2) is 9.59 Å². The number of hydrogen-bond donors (Lipinski definition) is 1. The highest BCUT2D eigenvalue weighted by atomic mass is 16.6. The molecule has 0 aromatic heterocycles. The minimum atomic E-state index is -0.967. The number of carbonyl (C=O) groups excluding carboxylic acids is 3. The Morgan fingerprint density at radius 1 is 1.10 bits per heavy atom. The summed E-state index contributed by atoms with van der Waals surface area (Å²) < 4.78 is 14.5. The number of methoxy groups -OCH3 is 2. The molecule has 0 saturated heterocycles. The van der Waals surface area contributed by atoms with Crippen molar-refractivity contribution in [3.8, 4) is 5.75 Å². The van der Waals surface area contributed by atoms with Crippen LogP contribution in [0, 0.1) is 10.1 Å². The fourth-order valence-electron chi connectivity index (χ4n) is 2.60. The van der Waals surface area contributed by atoms with Gasteiger partial charge in [-0.15, -0.1) is 0 Å². The van der Waals surface area contributed by atoms with E-state index in [0.29, 0.717) is 0 Å². The maximum Gasteiger partial charge on any atom is 0.338 e. The van der Waals surface area contributed by atoms with Crippen LogP contribution in [0.4, 0.5) is 5.69 Å². The average molecular weight is 416 g/mol. The number of benzene rings is 2. The zero-order valence-electron chi connectivity index (χ0n) is 16.3. The van der Waals surface area contributed by atoms with Crippen LogP contribution in [0.2, 0.25) is 0 Å². The molecule has 30 heavy (non-hydrogen) atoms. The molecule has 2 aromatic carbocycles. The lowest BCUT2D eigenvalue weighted by atomic mass is 10.1. The molecule has 2 aromatic rings. The van der Waals surface area contributed by atoms with Crippen LogP contribution in [0.3, 0.4) is 0 Å². The van der Waals surface area contributed by atoms with Gasteiger partial charge in [0.2, 0.25) is 0 Å². The van der Waals surface area contributed by atoms with Crippen LogP contribution in [0.15, 0.2) is 48.5 Å². The minimum absolute atomic E-state index is 0.0175. The number of nitrogens with zero attached hydrogens (tertiary/aromatic N) is 1. The van der Waals surface area contributed by atoms with Gasteiger partial charge in [0.05, 0.1) is 24.7 Å². The summed E-state index contributed by atoms with van der Waals surface area (Å²) in [7, 11) is 2.46. The van der Waals surface area contributed by atoms with Crippen LogP contribution >= 0.6 is 0 Å². The number of amides is 1. The van der Waals surface area contributed by atoms with E-state index in [1.807, 2.05) is 6.07 Å². The molecule has 0 aliphatic rings. The Bertz CT molecular complexity index is 930. The topological polar surface area (TPSA) is 134 Å². The van der Waals surface area contributed by atoms with Crippen LogP contribution in [0.25, 0.3) is 0 Å². The third-order valence-corrected chi connectivity index (χ3v) is 4.05. The smallest absolute Gasteiger partial charge is 0.338 e. The second-order valence-electron chi connectivity index (χ2n) is 6.05. The van der Waals surface area contributed by atoms with Crippen LogP contribution in [0.1, 0.15) is 15.9 Å². The van der Waals surface area contributed by atoms with Crippen molar-refractivity contribution in [2.75, 3.05) is 20.8 Å². The Hall–Kier alpha value is -3.95. The molecule has 1 atom stereocenters. The summed E-state index contributed by atoms with van der Waals surface area (Å²) in [5, 5.41) is 13.5. The van der Waals surface area contributed by atoms with Gasteiger partial charge in [-0.1, -0.05) is 30.3 Å². The molecule has 0 spiro atoms. The number of hydrogen-bond acceptors (Lipinski definition) is 8. The quantitative estimate of drug-likeness (QED) is 0.371. The molecule has 10 nitrogen and oxygen atoms in total. The maximum absolute atomic E-state index is 12.2. The number of carbonyl (C=O) groups is 3. The minimum Gasteiger partial charge on any atom is -0.490 e. The molecule has 0 unspecified atom stereocenters. The molecular formula is C20H20N2O8. The van der Waals surface area contributed by atoms with Gasteiger partial charge in [0.25, 0.3) is 5.91 Å². The lowest BCUT2D eigenvalue weighted by Crippen LogP contribution is -2.44. The van der Waals surface area contributed by atoms with Gasteiger partial charge in [-0.3, -0.25) is 14.9 Å². The van der Waals surface area contributed by atoms with E-state index in [1.54, 1.807) is 24.3 Å². The first-order valence-corrected chi connectivity index (χ1v) is 8.76. The summed E-state index contributed by atoms with van der Waals surface area (Å²) in [5.41, 5.74) is 0.268. The Labute approximate surface area is 171 Å². The third-order valence-electron chi connectivity index (χ3n) is 4.05. The van der Waals surface area contributed by atoms with Gasteiger partial charge < -0.3 is 19.5 Å². The van der Waals surface area contributed by atoms with Gasteiger partial charge in [0, 0.05) is 12.5 Å².